The minimum absolute atomic E-state index is 0. The summed E-state index contributed by atoms with van der Waals surface area (Å²) in [5.74, 6) is -1.06. The first-order valence-corrected chi connectivity index (χ1v) is 14.2. The molecule has 3 heterocycles. The topological polar surface area (TPSA) is 98.2 Å². The van der Waals surface area contributed by atoms with Crippen molar-refractivity contribution in [3.63, 3.8) is 0 Å². The predicted molar refractivity (Wildman–Crippen MR) is 178 cm³/mol. The molecule has 2 saturated heterocycles. The average molecular weight is 707 g/mol. The van der Waals surface area contributed by atoms with Gasteiger partial charge in [0.2, 0.25) is 0 Å². The Bertz CT molecular complexity index is 1440. The summed E-state index contributed by atoms with van der Waals surface area (Å²) in [4.78, 5) is 34.9. The number of pyridine rings is 1. The van der Waals surface area contributed by atoms with E-state index in [0.29, 0.717) is 55.7 Å². The van der Waals surface area contributed by atoms with Crippen molar-refractivity contribution in [3.8, 4) is 16.9 Å². The lowest BCUT2D eigenvalue weighted by atomic mass is 10.0. The van der Waals surface area contributed by atoms with E-state index in [2.05, 4.69) is 31.8 Å². The summed E-state index contributed by atoms with van der Waals surface area (Å²) < 4.78 is 41.9. The Kier molecular flexibility index (Phi) is 14.4. The number of benzene rings is 2. The molecule has 0 unspecified atom stereocenters. The molecule has 252 valence electrons. The molecule has 2 N–H and O–H groups in total. The van der Waals surface area contributed by atoms with Crippen molar-refractivity contribution in [2.24, 2.45) is 0 Å². The normalized spacial score (nSPS) is 16.9. The van der Waals surface area contributed by atoms with E-state index in [4.69, 9.17) is 5.11 Å². The summed E-state index contributed by atoms with van der Waals surface area (Å²) in [5.41, 5.74) is 3.79. The predicted octanol–water partition coefficient (Wildman–Crippen LogP) is 6.36. The third-order valence-electron chi connectivity index (χ3n) is 7.92. The van der Waals surface area contributed by atoms with Crippen LogP contribution in [-0.2, 0) is 11.3 Å². The van der Waals surface area contributed by atoms with E-state index in [1.165, 1.54) is 12.1 Å². The van der Waals surface area contributed by atoms with Crippen LogP contribution in [0.3, 0.4) is 0 Å². The molecule has 15 heteroatoms. The number of alkyl halides is 3. The number of aliphatic carboxylic acids is 1. The third-order valence-corrected chi connectivity index (χ3v) is 7.92. The number of rotatable bonds is 9. The third kappa shape index (κ3) is 10.4. The molecule has 0 saturated carbocycles. The molecule has 2 aliphatic heterocycles. The van der Waals surface area contributed by atoms with Crippen molar-refractivity contribution in [1.82, 2.24) is 14.8 Å². The van der Waals surface area contributed by atoms with E-state index >= 15 is 0 Å². The number of carbonyl (C=O) groups excluding carboxylic acids is 1. The van der Waals surface area contributed by atoms with Gasteiger partial charge in [-0.3, -0.25) is 19.4 Å². The number of hydrogen-bond acceptors (Lipinski definition) is 7. The van der Waals surface area contributed by atoms with Gasteiger partial charge in [0.1, 0.15) is 11.6 Å². The maximum atomic E-state index is 13.1. The van der Waals surface area contributed by atoms with Crippen LogP contribution < -0.4 is 15.0 Å². The summed E-state index contributed by atoms with van der Waals surface area (Å²) in [6.45, 7) is 6.45. The van der Waals surface area contributed by atoms with Gasteiger partial charge in [-0.25, -0.2) is 4.98 Å². The van der Waals surface area contributed by atoms with Gasteiger partial charge in [0.15, 0.2) is 0 Å². The standard InChI is InChI=1S/C31H34F3N5O4.3ClH/c1-21-3-2-12-39(21)19-24-17-28(35-18-27(24)22-6-10-26(11-7-22)43-31(32,33)34)36-30(42)23-4-8-25(9-5-23)38-15-13-37(14-16-38)20-29(40)41;;;/h4-11,17-18,21H,2-3,12-16,19-20H2,1H3,(H,40,41)(H,35,36,42);3*1H/t21-;;;/m1.../s1. The number of carboxylic acid groups (broad SMARTS) is 1. The Hall–Kier alpha value is -3.29. The second-order valence-corrected chi connectivity index (χ2v) is 10.9. The van der Waals surface area contributed by atoms with E-state index in [9.17, 15) is 22.8 Å². The minimum Gasteiger partial charge on any atom is -0.480 e. The highest BCUT2D eigenvalue weighted by Crippen LogP contribution is 2.31. The maximum Gasteiger partial charge on any atom is 0.573 e. The van der Waals surface area contributed by atoms with E-state index in [-0.39, 0.29) is 55.4 Å². The Labute approximate surface area is 284 Å². The first-order chi connectivity index (χ1) is 20.5. The first-order valence-electron chi connectivity index (χ1n) is 14.2. The molecule has 46 heavy (non-hydrogen) atoms. The Morgan fingerprint density at radius 1 is 0.978 bits per heavy atom. The summed E-state index contributed by atoms with van der Waals surface area (Å²) in [5, 5.41) is 11.9. The highest BCUT2D eigenvalue weighted by Gasteiger charge is 2.31. The molecule has 0 bridgehead atoms. The van der Waals surface area contributed by atoms with E-state index < -0.39 is 12.3 Å². The molecule has 2 fully saturated rings. The lowest BCUT2D eigenvalue weighted by Crippen LogP contribution is -2.47. The molecule has 0 radical (unpaired) electrons. The largest absolute Gasteiger partial charge is 0.573 e. The van der Waals surface area contributed by atoms with Crippen LogP contribution >= 0.6 is 37.2 Å². The first kappa shape index (κ1) is 38.9. The molecule has 1 aromatic heterocycles. The molecule has 1 atom stereocenters. The van der Waals surface area contributed by atoms with Crippen LogP contribution in [0.25, 0.3) is 11.1 Å². The van der Waals surface area contributed by atoms with Crippen LogP contribution in [-0.4, -0.2) is 83.4 Å². The van der Waals surface area contributed by atoms with Crippen molar-refractivity contribution in [3.05, 3.63) is 71.9 Å². The van der Waals surface area contributed by atoms with Crippen LogP contribution in [0, 0.1) is 0 Å². The zero-order chi connectivity index (χ0) is 30.6. The Morgan fingerprint density at radius 2 is 1.63 bits per heavy atom. The van der Waals surface area contributed by atoms with Crippen molar-refractivity contribution in [1.29, 1.82) is 0 Å². The number of halogens is 6. The molecule has 3 aromatic rings. The summed E-state index contributed by atoms with van der Waals surface area (Å²) in [7, 11) is 0. The zero-order valence-corrected chi connectivity index (χ0v) is 27.5. The molecular formula is C31H37Cl3F3N5O4. The fraction of sp³-hybridized carbons (Fsp3) is 0.387. The number of likely N-dealkylation sites (tertiary alicyclic amines) is 1. The van der Waals surface area contributed by atoms with Gasteiger partial charge in [0.05, 0.1) is 6.54 Å². The number of aromatic nitrogens is 1. The number of carboxylic acids is 1. The molecule has 1 amide bonds. The molecule has 9 nitrogen and oxygen atoms in total. The van der Waals surface area contributed by atoms with Gasteiger partial charge in [-0.1, -0.05) is 12.1 Å². The van der Waals surface area contributed by atoms with E-state index in [0.717, 1.165) is 36.2 Å². The second kappa shape index (κ2) is 17.0. The Morgan fingerprint density at radius 3 is 2.20 bits per heavy atom. The van der Waals surface area contributed by atoms with Gasteiger partial charge in [-0.2, -0.15) is 0 Å². The summed E-state index contributed by atoms with van der Waals surface area (Å²) in [6, 6.07) is 15.2. The molecular weight excluding hydrogens is 670 g/mol. The zero-order valence-electron chi connectivity index (χ0n) is 25.0. The molecule has 0 spiro atoms. The number of hydrogen-bond donors (Lipinski definition) is 2. The maximum absolute atomic E-state index is 13.1. The van der Waals surface area contributed by atoms with Crippen molar-refractivity contribution >= 4 is 60.6 Å². The van der Waals surface area contributed by atoms with Gasteiger partial charge < -0.3 is 20.1 Å². The van der Waals surface area contributed by atoms with Crippen LogP contribution in [0.15, 0.2) is 60.8 Å². The van der Waals surface area contributed by atoms with E-state index in [1.54, 1.807) is 30.5 Å². The smallest absolute Gasteiger partial charge is 0.480 e. The number of piperazine rings is 1. The number of amides is 1. The number of nitrogens with one attached hydrogen (secondary N) is 1. The average Bonchev–Trinajstić information content (AvgIpc) is 3.37. The number of nitrogens with zero attached hydrogens (tertiary/aromatic N) is 4. The fourth-order valence-corrected chi connectivity index (χ4v) is 5.61. The van der Waals surface area contributed by atoms with Crippen LogP contribution in [0.1, 0.15) is 35.7 Å². The van der Waals surface area contributed by atoms with Crippen LogP contribution in [0.4, 0.5) is 24.7 Å². The van der Waals surface area contributed by atoms with Crippen molar-refractivity contribution in [2.45, 2.75) is 38.7 Å². The van der Waals surface area contributed by atoms with Crippen molar-refractivity contribution < 1.29 is 32.6 Å². The molecule has 5 rings (SSSR count). The summed E-state index contributed by atoms with van der Waals surface area (Å²) >= 11 is 0. The van der Waals surface area contributed by atoms with Gasteiger partial charge in [0, 0.05) is 61.8 Å². The number of carbonyl (C=O) groups is 2. The van der Waals surface area contributed by atoms with Crippen LogP contribution in [0.2, 0.25) is 0 Å². The highest BCUT2D eigenvalue weighted by atomic mass is 35.5. The van der Waals surface area contributed by atoms with Gasteiger partial charge in [0.25, 0.3) is 5.91 Å². The van der Waals surface area contributed by atoms with Crippen LogP contribution in [0.5, 0.6) is 5.75 Å². The minimum atomic E-state index is -4.76. The molecule has 2 aliphatic rings. The monoisotopic (exact) mass is 705 g/mol. The van der Waals surface area contributed by atoms with Gasteiger partial charge in [-0.05, 0) is 79.9 Å². The van der Waals surface area contributed by atoms with E-state index in [1.807, 2.05) is 23.1 Å². The van der Waals surface area contributed by atoms with Crippen molar-refractivity contribution in [2.75, 3.05) is 49.5 Å². The summed E-state index contributed by atoms with van der Waals surface area (Å²) in [6.07, 6.45) is -0.957. The SMILES string of the molecule is C[C@@H]1CCCN1Cc1cc(NC(=O)c2ccc(N3CCN(CC(=O)O)CC3)cc2)ncc1-c1ccc(OC(F)(F)F)cc1.Cl.Cl.Cl. The second-order valence-electron chi connectivity index (χ2n) is 10.9. The lowest BCUT2D eigenvalue weighted by molar-refractivity contribution is -0.274. The fourth-order valence-electron chi connectivity index (χ4n) is 5.61. The van der Waals surface area contributed by atoms with Gasteiger partial charge in [-0.15, -0.1) is 50.4 Å². The van der Waals surface area contributed by atoms with Gasteiger partial charge >= 0.3 is 12.3 Å². The Balaban J connectivity index is 0.00000245. The quantitative estimate of drug-likeness (QED) is 0.266. The number of anilines is 2. The molecule has 0 aliphatic carbocycles. The number of ether oxygens (including phenoxy) is 1. The highest BCUT2D eigenvalue weighted by molar-refractivity contribution is 6.04. The lowest BCUT2D eigenvalue weighted by Gasteiger charge is -2.35. The molecule has 2 aromatic carbocycles.